The summed E-state index contributed by atoms with van der Waals surface area (Å²) in [5, 5.41) is 5.39. The number of hydrogen-bond donors (Lipinski definition) is 2. The number of amides is 4. The molecule has 0 spiro atoms. The predicted molar refractivity (Wildman–Crippen MR) is 118 cm³/mol. The van der Waals surface area contributed by atoms with Crippen LogP contribution in [0.1, 0.15) is 54.3 Å². The van der Waals surface area contributed by atoms with Gasteiger partial charge in [-0.1, -0.05) is 18.2 Å². The maximum atomic E-state index is 12.9. The first-order chi connectivity index (χ1) is 15.5. The van der Waals surface area contributed by atoms with Crippen molar-refractivity contribution in [3.63, 3.8) is 0 Å². The Morgan fingerprint density at radius 1 is 1.09 bits per heavy atom. The molecule has 8 heteroatoms. The zero-order chi connectivity index (χ0) is 22.7. The van der Waals surface area contributed by atoms with Crippen molar-refractivity contribution in [1.29, 1.82) is 0 Å². The van der Waals surface area contributed by atoms with Crippen LogP contribution in [0.2, 0.25) is 0 Å². The number of ether oxygens (including phenoxy) is 1. The van der Waals surface area contributed by atoms with Crippen LogP contribution in [-0.4, -0.2) is 54.3 Å². The Balaban J connectivity index is 1.52. The topological polar surface area (TPSA) is 105 Å². The summed E-state index contributed by atoms with van der Waals surface area (Å²) < 4.78 is 5.55. The summed E-state index contributed by atoms with van der Waals surface area (Å²) >= 11 is 0. The number of benzene rings is 2. The second-order valence-corrected chi connectivity index (χ2v) is 7.61. The maximum absolute atomic E-state index is 12.9. The number of nitrogens with one attached hydrogen (secondary N) is 2. The summed E-state index contributed by atoms with van der Waals surface area (Å²) in [5.74, 6) is -1.65. The van der Waals surface area contributed by atoms with Gasteiger partial charge in [-0.05, 0) is 43.2 Å². The van der Waals surface area contributed by atoms with Gasteiger partial charge in [-0.25, -0.2) is 0 Å². The standard InChI is InChI=1S/C24H23N3O5/c1-2-11-25-22(29)18-7-3-4-8-20(18)26-21(28)15-9-10-17-19(13-15)24(31)27(23(17)30)14-16-6-5-12-32-16/h2-4,7-10,13,16H,1,5-6,11-12,14H2,(H,25,29)(H,26,28). The van der Waals surface area contributed by atoms with E-state index in [9.17, 15) is 19.2 Å². The highest BCUT2D eigenvalue weighted by Crippen LogP contribution is 2.26. The lowest BCUT2D eigenvalue weighted by Gasteiger charge is -2.17. The molecule has 164 valence electrons. The SMILES string of the molecule is C=CCNC(=O)c1ccccc1NC(=O)c1ccc2c(c1)C(=O)N(CC1CCCO1)C2=O. The van der Waals surface area contributed by atoms with Gasteiger partial charge >= 0.3 is 0 Å². The van der Waals surface area contributed by atoms with E-state index in [1.807, 2.05) is 0 Å². The smallest absolute Gasteiger partial charge is 0.261 e. The molecule has 2 aromatic carbocycles. The van der Waals surface area contributed by atoms with Crippen LogP contribution in [0.15, 0.2) is 55.1 Å². The van der Waals surface area contributed by atoms with Gasteiger partial charge in [-0.2, -0.15) is 0 Å². The normalized spacial score (nSPS) is 17.2. The summed E-state index contributed by atoms with van der Waals surface area (Å²) in [6, 6.07) is 11.0. The fraction of sp³-hybridized carbons (Fsp3) is 0.250. The Morgan fingerprint density at radius 3 is 2.62 bits per heavy atom. The van der Waals surface area contributed by atoms with E-state index in [1.54, 1.807) is 30.3 Å². The van der Waals surface area contributed by atoms with Crippen molar-refractivity contribution in [2.24, 2.45) is 0 Å². The fourth-order valence-electron chi connectivity index (χ4n) is 3.83. The number of carbonyl (C=O) groups is 4. The van der Waals surface area contributed by atoms with Crippen molar-refractivity contribution in [2.75, 3.05) is 25.0 Å². The number of fused-ring (bicyclic) bond motifs is 1. The van der Waals surface area contributed by atoms with Gasteiger partial charge < -0.3 is 15.4 Å². The second-order valence-electron chi connectivity index (χ2n) is 7.61. The van der Waals surface area contributed by atoms with Crippen molar-refractivity contribution in [2.45, 2.75) is 18.9 Å². The molecule has 2 aromatic rings. The minimum Gasteiger partial charge on any atom is -0.376 e. The van der Waals surface area contributed by atoms with E-state index in [0.717, 1.165) is 12.8 Å². The lowest BCUT2D eigenvalue weighted by atomic mass is 10.0. The predicted octanol–water partition coefficient (Wildman–Crippen LogP) is 2.63. The summed E-state index contributed by atoms with van der Waals surface area (Å²) in [4.78, 5) is 51.9. The fourth-order valence-corrected chi connectivity index (χ4v) is 3.83. The van der Waals surface area contributed by atoms with Gasteiger partial charge in [0.2, 0.25) is 0 Å². The van der Waals surface area contributed by atoms with Gasteiger partial charge in [0.1, 0.15) is 0 Å². The molecule has 2 aliphatic heterocycles. The molecule has 2 aliphatic rings. The average Bonchev–Trinajstić information content (AvgIpc) is 3.40. The van der Waals surface area contributed by atoms with Crippen LogP contribution >= 0.6 is 0 Å². The first kappa shape index (κ1) is 21.5. The minimum absolute atomic E-state index is 0.149. The third kappa shape index (κ3) is 4.17. The molecule has 2 N–H and O–H groups in total. The zero-order valence-corrected chi connectivity index (χ0v) is 17.4. The highest BCUT2D eigenvalue weighted by molar-refractivity contribution is 6.22. The first-order valence-electron chi connectivity index (χ1n) is 10.4. The molecular formula is C24H23N3O5. The van der Waals surface area contributed by atoms with Crippen LogP contribution in [0.4, 0.5) is 5.69 Å². The van der Waals surface area contributed by atoms with Crippen molar-refractivity contribution in [3.05, 3.63) is 77.4 Å². The van der Waals surface area contributed by atoms with E-state index >= 15 is 0 Å². The number of para-hydroxylation sites is 1. The highest BCUT2D eigenvalue weighted by atomic mass is 16.5. The second kappa shape index (κ2) is 9.15. The van der Waals surface area contributed by atoms with Crippen molar-refractivity contribution < 1.29 is 23.9 Å². The van der Waals surface area contributed by atoms with E-state index in [4.69, 9.17) is 4.74 Å². The lowest BCUT2D eigenvalue weighted by molar-refractivity contribution is 0.0475. The molecule has 0 saturated carbocycles. The number of hydrogen-bond acceptors (Lipinski definition) is 5. The van der Waals surface area contributed by atoms with Gasteiger partial charge in [0.15, 0.2) is 0 Å². The largest absolute Gasteiger partial charge is 0.376 e. The van der Waals surface area contributed by atoms with E-state index < -0.39 is 11.8 Å². The molecular weight excluding hydrogens is 410 g/mol. The van der Waals surface area contributed by atoms with Gasteiger partial charge in [-0.15, -0.1) is 6.58 Å². The van der Waals surface area contributed by atoms with E-state index in [1.165, 1.54) is 23.1 Å². The van der Waals surface area contributed by atoms with Crippen LogP contribution in [-0.2, 0) is 4.74 Å². The number of carbonyl (C=O) groups excluding carboxylic acids is 4. The Bertz CT molecular complexity index is 1100. The van der Waals surface area contributed by atoms with Crippen LogP contribution in [0.3, 0.4) is 0 Å². The molecule has 1 atom stereocenters. The Kier molecular flexibility index (Phi) is 6.13. The number of nitrogens with zero attached hydrogens (tertiary/aromatic N) is 1. The van der Waals surface area contributed by atoms with Gasteiger partial charge in [0.25, 0.3) is 23.6 Å². The molecule has 1 saturated heterocycles. The van der Waals surface area contributed by atoms with Crippen LogP contribution in [0.5, 0.6) is 0 Å². The summed E-state index contributed by atoms with van der Waals surface area (Å²) in [6.07, 6.45) is 3.12. The zero-order valence-electron chi connectivity index (χ0n) is 17.4. The summed E-state index contributed by atoms with van der Waals surface area (Å²) in [6.45, 7) is 4.70. The van der Waals surface area contributed by atoms with Gasteiger partial charge in [-0.3, -0.25) is 24.1 Å². The molecule has 4 amide bonds. The highest BCUT2D eigenvalue weighted by Gasteiger charge is 2.38. The monoisotopic (exact) mass is 433 g/mol. The van der Waals surface area contributed by atoms with Gasteiger partial charge in [0.05, 0.1) is 35.0 Å². The maximum Gasteiger partial charge on any atom is 0.261 e. The van der Waals surface area contributed by atoms with E-state index in [2.05, 4.69) is 17.2 Å². The number of anilines is 1. The number of rotatable bonds is 7. The molecule has 2 heterocycles. The number of imide groups is 1. The first-order valence-corrected chi connectivity index (χ1v) is 10.4. The molecule has 1 fully saturated rings. The molecule has 0 radical (unpaired) electrons. The van der Waals surface area contributed by atoms with Gasteiger partial charge in [0, 0.05) is 18.7 Å². The molecule has 0 bridgehead atoms. The summed E-state index contributed by atoms with van der Waals surface area (Å²) in [7, 11) is 0. The molecule has 0 aromatic heterocycles. The molecule has 1 unspecified atom stereocenters. The quantitative estimate of drug-likeness (QED) is 0.516. The molecule has 8 nitrogen and oxygen atoms in total. The van der Waals surface area contributed by atoms with Crippen LogP contribution < -0.4 is 10.6 Å². The van der Waals surface area contributed by atoms with Crippen molar-refractivity contribution in [1.82, 2.24) is 10.2 Å². The molecule has 0 aliphatic carbocycles. The Morgan fingerprint density at radius 2 is 1.88 bits per heavy atom. The Labute approximate surface area is 185 Å². The van der Waals surface area contributed by atoms with Crippen LogP contribution in [0, 0.1) is 0 Å². The van der Waals surface area contributed by atoms with Crippen molar-refractivity contribution in [3.8, 4) is 0 Å². The third-order valence-electron chi connectivity index (χ3n) is 5.47. The minimum atomic E-state index is -0.491. The Hall–Kier alpha value is -3.78. The summed E-state index contributed by atoms with van der Waals surface area (Å²) in [5.41, 5.74) is 1.32. The van der Waals surface area contributed by atoms with E-state index in [0.29, 0.717) is 24.4 Å². The lowest BCUT2D eigenvalue weighted by Crippen LogP contribution is -2.36. The van der Waals surface area contributed by atoms with E-state index in [-0.39, 0.29) is 41.2 Å². The van der Waals surface area contributed by atoms with Crippen molar-refractivity contribution >= 4 is 29.3 Å². The molecule has 4 rings (SSSR count). The third-order valence-corrected chi connectivity index (χ3v) is 5.47. The molecule has 32 heavy (non-hydrogen) atoms. The average molecular weight is 433 g/mol. The van der Waals surface area contributed by atoms with Crippen LogP contribution in [0.25, 0.3) is 0 Å².